The summed E-state index contributed by atoms with van der Waals surface area (Å²) in [5.74, 6) is 5.55. The first-order valence-electron chi connectivity index (χ1n) is 10.5. The summed E-state index contributed by atoms with van der Waals surface area (Å²) < 4.78 is 6.87. The number of anilines is 1. The van der Waals surface area contributed by atoms with Gasteiger partial charge in [-0.05, 0) is 43.9 Å². The van der Waals surface area contributed by atoms with Crippen molar-refractivity contribution < 1.29 is 9.53 Å². The highest BCUT2D eigenvalue weighted by Crippen LogP contribution is 2.52. The van der Waals surface area contributed by atoms with Crippen LogP contribution in [0, 0.1) is 5.92 Å². The number of rotatable bonds is 6. The van der Waals surface area contributed by atoms with Crippen LogP contribution in [0.3, 0.4) is 0 Å². The van der Waals surface area contributed by atoms with Gasteiger partial charge in [0.15, 0.2) is 0 Å². The standard InChI is InChI=1S/C22H30N6O2/c1-26(24)14-20(23)17-12-18(17)21-19(22(29)30-2)13-25-28(21)16-8-6-7-15(11-16)27-9-4-3-5-10-27/h6-8,11,13-14,17-18H,3-5,9-10,12,23-24H2,1-2H3/b20-14-. The van der Waals surface area contributed by atoms with Crippen LogP contribution in [-0.4, -0.2) is 48.0 Å². The maximum Gasteiger partial charge on any atom is 0.341 e. The Morgan fingerprint density at radius 2 is 2.00 bits per heavy atom. The molecule has 30 heavy (non-hydrogen) atoms. The second-order valence-electron chi connectivity index (χ2n) is 8.16. The topological polar surface area (TPSA) is 103 Å². The van der Waals surface area contributed by atoms with Gasteiger partial charge in [0.05, 0.1) is 24.7 Å². The van der Waals surface area contributed by atoms with Gasteiger partial charge < -0.3 is 20.4 Å². The van der Waals surface area contributed by atoms with E-state index >= 15 is 0 Å². The SMILES string of the molecule is COC(=O)c1cnn(-c2cccc(N3CCCCC3)c2)c1C1CC1/C(N)=C/N(C)N. The van der Waals surface area contributed by atoms with Gasteiger partial charge in [0.1, 0.15) is 5.56 Å². The van der Waals surface area contributed by atoms with E-state index in [0.29, 0.717) is 11.3 Å². The average Bonchev–Trinajstić information content (AvgIpc) is 3.43. The minimum absolute atomic E-state index is 0.0939. The molecule has 1 aromatic carbocycles. The second kappa shape index (κ2) is 8.39. The van der Waals surface area contributed by atoms with Crippen LogP contribution in [0.15, 0.2) is 42.4 Å². The van der Waals surface area contributed by atoms with Crippen molar-refractivity contribution in [2.45, 2.75) is 31.6 Å². The number of hydrogen-bond acceptors (Lipinski definition) is 7. The Bertz CT molecular complexity index is 945. The molecule has 1 saturated heterocycles. The molecule has 8 nitrogen and oxygen atoms in total. The van der Waals surface area contributed by atoms with E-state index in [-0.39, 0.29) is 17.8 Å². The zero-order valence-corrected chi connectivity index (χ0v) is 17.6. The van der Waals surface area contributed by atoms with E-state index in [1.54, 1.807) is 19.4 Å². The summed E-state index contributed by atoms with van der Waals surface area (Å²) in [6.45, 7) is 2.14. The van der Waals surface area contributed by atoms with Crippen LogP contribution in [0.1, 0.15) is 47.7 Å². The molecule has 0 radical (unpaired) electrons. The number of piperidine rings is 1. The fourth-order valence-corrected chi connectivity index (χ4v) is 4.36. The monoisotopic (exact) mass is 410 g/mol. The minimum Gasteiger partial charge on any atom is -0.465 e. The molecule has 8 heteroatoms. The summed E-state index contributed by atoms with van der Waals surface area (Å²) in [6, 6.07) is 8.35. The van der Waals surface area contributed by atoms with Crippen molar-refractivity contribution in [3.8, 4) is 5.69 Å². The molecule has 1 aliphatic carbocycles. The third-order valence-electron chi connectivity index (χ3n) is 5.93. The van der Waals surface area contributed by atoms with Crippen LogP contribution in [0.25, 0.3) is 5.69 Å². The van der Waals surface area contributed by atoms with Gasteiger partial charge in [-0.25, -0.2) is 15.3 Å². The molecule has 4 rings (SSSR count). The molecule has 2 heterocycles. The maximum atomic E-state index is 12.4. The van der Waals surface area contributed by atoms with Crippen LogP contribution in [0.4, 0.5) is 5.69 Å². The molecular weight excluding hydrogens is 380 g/mol. The van der Waals surface area contributed by atoms with E-state index in [4.69, 9.17) is 16.3 Å². The summed E-state index contributed by atoms with van der Waals surface area (Å²) >= 11 is 0. The molecule has 1 saturated carbocycles. The fraction of sp³-hybridized carbons (Fsp3) is 0.455. The molecule has 0 spiro atoms. The molecule has 0 bridgehead atoms. The molecule has 2 unspecified atom stereocenters. The Morgan fingerprint density at radius 3 is 2.70 bits per heavy atom. The Hall–Kier alpha value is -3.00. The van der Waals surface area contributed by atoms with Gasteiger partial charge in [-0.15, -0.1) is 0 Å². The Labute approximate surface area is 177 Å². The molecule has 2 atom stereocenters. The Kier molecular flexibility index (Phi) is 5.67. The van der Waals surface area contributed by atoms with Crippen LogP contribution in [0.5, 0.6) is 0 Å². The average molecular weight is 411 g/mol. The van der Waals surface area contributed by atoms with Crippen molar-refractivity contribution >= 4 is 11.7 Å². The molecule has 2 aliphatic rings. The molecule has 160 valence electrons. The smallest absolute Gasteiger partial charge is 0.341 e. The van der Waals surface area contributed by atoms with Crippen molar-refractivity contribution in [2.75, 3.05) is 32.1 Å². The largest absolute Gasteiger partial charge is 0.465 e. The van der Waals surface area contributed by atoms with E-state index in [2.05, 4.69) is 22.1 Å². The van der Waals surface area contributed by atoms with Crippen molar-refractivity contribution in [1.82, 2.24) is 14.8 Å². The Morgan fingerprint density at radius 1 is 1.27 bits per heavy atom. The number of hydrogen-bond donors (Lipinski definition) is 2. The quantitative estimate of drug-likeness (QED) is 0.428. The van der Waals surface area contributed by atoms with E-state index in [9.17, 15) is 4.79 Å². The summed E-state index contributed by atoms with van der Waals surface area (Å²) in [4.78, 5) is 14.8. The van der Waals surface area contributed by atoms with Gasteiger partial charge in [-0.1, -0.05) is 6.07 Å². The highest BCUT2D eigenvalue weighted by molar-refractivity contribution is 5.91. The number of nitrogens with two attached hydrogens (primary N) is 2. The predicted molar refractivity (Wildman–Crippen MR) is 116 cm³/mol. The lowest BCUT2D eigenvalue weighted by molar-refractivity contribution is 0.0599. The van der Waals surface area contributed by atoms with Gasteiger partial charge in [0, 0.05) is 49.6 Å². The van der Waals surface area contributed by atoms with Crippen molar-refractivity contribution in [2.24, 2.45) is 17.5 Å². The minimum atomic E-state index is -0.382. The number of ether oxygens (including phenoxy) is 1. The van der Waals surface area contributed by atoms with Crippen molar-refractivity contribution in [3.05, 3.63) is 53.6 Å². The normalized spacial score (nSPS) is 21.4. The number of aromatic nitrogens is 2. The van der Waals surface area contributed by atoms with E-state index in [1.165, 1.54) is 37.1 Å². The number of carbonyl (C=O) groups is 1. The number of benzene rings is 1. The van der Waals surface area contributed by atoms with E-state index in [1.807, 2.05) is 16.8 Å². The van der Waals surface area contributed by atoms with Crippen LogP contribution < -0.4 is 16.5 Å². The first-order valence-corrected chi connectivity index (χ1v) is 10.5. The molecule has 2 aromatic rings. The maximum absolute atomic E-state index is 12.4. The van der Waals surface area contributed by atoms with Crippen molar-refractivity contribution in [1.29, 1.82) is 0 Å². The lowest BCUT2D eigenvalue weighted by atomic mass is 10.1. The van der Waals surface area contributed by atoms with Gasteiger partial charge in [0.25, 0.3) is 0 Å². The third kappa shape index (κ3) is 4.00. The van der Waals surface area contributed by atoms with Gasteiger partial charge in [-0.2, -0.15) is 5.10 Å². The predicted octanol–water partition coefficient (Wildman–Crippen LogP) is 2.36. The fourth-order valence-electron chi connectivity index (χ4n) is 4.36. The van der Waals surface area contributed by atoms with Crippen LogP contribution >= 0.6 is 0 Å². The second-order valence-corrected chi connectivity index (χ2v) is 8.16. The lowest BCUT2D eigenvalue weighted by Crippen LogP contribution is -2.29. The molecule has 2 fully saturated rings. The summed E-state index contributed by atoms with van der Waals surface area (Å²) in [5.41, 5.74) is 10.4. The molecule has 1 aromatic heterocycles. The lowest BCUT2D eigenvalue weighted by Gasteiger charge is -2.29. The van der Waals surface area contributed by atoms with Crippen LogP contribution in [-0.2, 0) is 4.74 Å². The summed E-state index contributed by atoms with van der Waals surface area (Å²) in [7, 11) is 3.13. The van der Waals surface area contributed by atoms with Gasteiger partial charge in [0.2, 0.25) is 0 Å². The number of carbonyl (C=O) groups excluding carboxylic acids is 1. The number of hydrazine groups is 1. The molecule has 4 N–H and O–H groups in total. The molecular formula is C22H30N6O2. The zero-order chi connectivity index (χ0) is 21.3. The van der Waals surface area contributed by atoms with Gasteiger partial charge in [-0.3, -0.25) is 0 Å². The highest BCUT2D eigenvalue weighted by Gasteiger charge is 2.45. The number of allylic oxidation sites excluding steroid dienone is 1. The van der Waals surface area contributed by atoms with E-state index < -0.39 is 0 Å². The zero-order valence-electron chi connectivity index (χ0n) is 17.6. The van der Waals surface area contributed by atoms with Gasteiger partial charge >= 0.3 is 5.97 Å². The highest BCUT2D eigenvalue weighted by atomic mass is 16.5. The first kappa shape index (κ1) is 20.3. The van der Waals surface area contributed by atoms with E-state index in [0.717, 1.165) is 30.9 Å². The first-order chi connectivity index (χ1) is 14.5. The summed E-state index contributed by atoms with van der Waals surface area (Å²) in [6.07, 6.45) is 7.89. The number of esters is 1. The molecule has 0 amide bonds. The third-order valence-corrected chi connectivity index (χ3v) is 5.93. The Balaban J connectivity index is 1.70. The summed E-state index contributed by atoms with van der Waals surface area (Å²) in [5, 5.41) is 6.01. The van der Waals surface area contributed by atoms with Crippen LogP contribution in [0.2, 0.25) is 0 Å². The number of methoxy groups -OCH3 is 1. The number of nitrogens with zero attached hydrogens (tertiary/aromatic N) is 4. The molecule has 1 aliphatic heterocycles. The van der Waals surface area contributed by atoms with Crippen molar-refractivity contribution in [3.63, 3.8) is 0 Å².